The number of hydrogen-bond acceptors (Lipinski definition) is 6. The second-order valence-electron chi connectivity index (χ2n) is 8.49. The predicted molar refractivity (Wildman–Crippen MR) is 115 cm³/mol. The lowest BCUT2D eigenvalue weighted by molar-refractivity contribution is -0.137. The summed E-state index contributed by atoms with van der Waals surface area (Å²) in [5, 5.41) is 0.161. The Morgan fingerprint density at radius 2 is 2.00 bits per heavy atom. The van der Waals surface area contributed by atoms with Crippen molar-refractivity contribution in [3.63, 3.8) is 0 Å². The summed E-state index contributed by atoms with van der Waals surface area (Å²) in [4.78, 5) is 21.3. The number of carbonyl (C=O) groups excluding carboxylic acids is 1. The average Bonchev–Trinajstić information content (AvgIpc) is 3.44. The molecule has 2 aliphatic rings. The molecule has 8 nitrogen and oxygen atoms in total. The number of amides is 1. The van der Waals surface area contributed by atoms with Crippen molar-refractivity contribution < 1.29 is 17.9 Å². The number of carbonyl (C=O) groups is 1. The van der Waals surface area contributed by atoms with Crippen LogP contribution < -0.4 is 0 Å². The number of rotatable bonds is 11. The molecule has 1 aromatic rings. The fourth-order valence-electron chi connectivity index (χ4n) is 4.28. The van der Waals surface area contributed by atoms with Crippen LogP contribution in [0.1, 0.15) is 45.2 Å². The van der Waals surface area contributed by atoms with Crippen molar-refractivity contribution in [2.75, 3.05) is 45.6 Å². The first-order valence-corrected chi connectivity index (χ1v) is 12.8. The number of sulfone groups is 1. The Morgan fingerprint density at radius 3 is 2.63 bits per heavy atom. The van der Waals surface area contributed by atoms with E-state index in [0.717, 1.165) is 51.0 Å². The Labute approximate surface area is 180 Å². The van der Waals surface area contributed by atoms with E-state index >= 15 is 0 Å². The zero-order chi connectivity index (χ0) is 21.7. The van der Waals surface area contributed by atoms with Gasteiger partial charge in [-0.15, -0.1) is 0 Å². The average molecular weight is 441 g/mol. The van der Waals surface area contributed by atoms with E-state index in [1.807, 2.05) is 18.7 Å². The number of piperidine rings is 1. The summed E-state index contributed by atoms with van der Waals surface area (Å²) in [6.45, 7) is 8.59. The third-order valence-corrected chi connectivity index (χ3v) is 7.96. The van der Waals surface area contributed by atoms with Crippen LogP contribution in [0.25, 0.3) is 0 Å². The van der Waals surface area contributed by atoms with E-state index in [0.29, 0.717) is 26.2 Å². The van der Waals surface area contributed by atoms with E-state index in [4.69, 9.17) is 4.74 Å². The van der Waals surface area contributed by atoms with Gasteiger partial charge in [0, 0.05) is 39.8 Å². The molecule has 1 amide bonds. The molecule has 9 heteroatoms. The van der Waals surface area contributed by atoms with Gasteiger partial charge in [-0.3, -0.25) is 9.69 Å². The fourth-order valence-corrected chi connectivity index (χ4v) is 6.14. The lowest BCUT2D eigenvalue weighted by Crippen LogP contribution is -2.44. The van der Waals surface area contributed by atoms with Crippen LogP contribution in [0, 0.1) is 11.8 Å². The van der Waals surface area contributed by atoms with Gasteiger partial charge in [0.1, 0.15) is 0 Å². The predicted octanol–water partition coefficient (Wildman–Crippen LogP) is 1.79. The summed E-state index contributed by atoms with van der Waals surface area (Å²) < 4.78 is 32.7. The first kappa shape index (κ1) is 23.2. The van der Waals surface area contributed by atoms with Gasteiger partial charge >= 0.3 is 0 Å². The van der Waals surface area contributed by atoms with Crippen LogP contribution >= 0.6 is 0 Å². The normalized spacial score (nSPS) is 20.4. The van der Waals surface area contributed by atoms with Gasteiger partial charge in [-0.2, -0.15) is 0 Å². The SMILES string of the molecule is CCN(CC)C(=O)[C@@H]1CCCN(Cc2cnc(S(=O)(=O)CC3CC3)n2CCOC)C1. The maximum atomic E-state index is 12.9. The van der Waals surface area contributed by atoms with Crippen molar-refractivity contribution in [3.05, 3.63) is 11.9 Å². The van der Waals surface area contributed by atoms with E-state index < -0.39 is 9.84 Å². The molecule has 0 aromatic carbocycles. The molecule has 1 aliphatic heterocycles. The number of aromatic nitrogens is 2. The van der Waals surface area contributed by atoms with Crippen LogP contribution in [-0.2, 0) is 32.5 Å². The van der Waals surface area contributed by atoms with Gasteiger partial charge in [0.25, 0.3) is 0 Å². The van der Waals surface area contributed by atoms with Crippen molar-refractivity contribution in [2.24, 2.45) is 11.8 Å². The molecule has 1 atom stereocenters. The molecule has 1 aliphatic carbocycles. The molecule has 2 heterocycles. The van der Waals surface area contributed by atoms with Gasteiger partial charge < -0.3 is 14.2 Å². The standard InChI is InChI=1S/C21H36N4O4S/c1-4-24(5-2)20(26)18-7-6-10-23(14-18)15-19-13-22-21(25(19)11-12-29-3)30(27,28)16-17-8-9-17/h13,17-18H,4-12,14-16H2,1-3H3/t18-/m1/s1. The molecule has 3 rings (SSSR count). The molecular formula is C21H36N4O4S. The molecule has 1 saturated heterocycles. The van der Waals surface area contributed by atoms with E-state index in [1.165, 1.54) is 0 Å². The molecule has 0 bridgehead atoms. The second kappa shape index (κ2) is 10.2. The molecule has 1 aromatic heterocycles. The Balaban J connectivity index is 1.74. The third-order valence-electron chi connectivity index (χ3n) is 6.17. The van der Waals surface area contributed by atoms with E-state index in [-0.39, 0.29) is 28.7 Å². The minimum atomic E-state index is -3.40. The zero-order valence-corrected chi connectivity index (χ0v) is 19.4. The quantitative estimate of drug-likeness (QED) is 0.522. The Kier molecular flexibility index (Phi) is 7.92. The number of imidazole rings is 1. The molecule has 170 valence electrons. The van der Waals surface area contributed by atoms with Gasteiger partial charge in [0.2, 0.25) is 20.9 Å². The van der Waals surface area contributed by atoms with Crippen LogP contribution in [0.3, 0.4) is 0 Å². The van der Waals surface area contributed by atoms with Gasteiger partial charge in [-0.25, -0.2) is 13.4 Å². The van der Waals surface area contributed by atoms with Crippen molar-refractivity contribution >= 4 is 15.7 Å². The minimum Gasteiger partial charge on any atom is -0.383 e. The highest BCUT2D eigenvalue weighted by Gasteiger charge is 2.33. The smallest absolute Gasteiger partial charge is 0.227 e. The summed E-state index contributed by atoms with van der Waals surface area (Å²) in [5.41, 5.74) is 0.873. The molecule has 1 saturated carbocycles. The van der Waals surface area contributed by atoms with Gasteiger partial charge in [0.05, 0.1) is 30.2 Å². The van der Waals surface area contributed by atoms with E-state index in [9.17, 15) is 13.2 Å². The molecule has 0 N–H and O–H groups in total. The Bertz CT molecular complexity index is 815. The highest BCUT2D eigenvalue weighted by Crippen LogP contribution is 2.32. The molecule has 0 radical (unpaired) electrons. The maximum absolute atomic E-state index is 12.9. The van der Waals surface area contributed by atoms with Crippen LogP contribution in [0.15, 0.2) is 11.4 Å². The van der Waals surface area contributed by atoms with E-state index in [1.54, 1.807) is 17.9 Å². The van der Waals surface area contributed by atoms with Crippen LogP contribution in [0.2, 0.25) is 0 Å². The van der Waals surface area contributed by atoms with Crippen molar-refractivity contribution in [1.82, 2.24) is 19.4 Å². The summed E-state index contributed by atoms with van der Waals surface area (Å²) in [6, 6.07) is 0. The number of nitrogens with zero attached hydrogens (tertiary/aromatic N) is 4. The Morgan fingerprint density at radius 1 is 1.27 bits per heavy atom. The van der Waals surface area contributed by atoms with Crippen molar-refractivity contribution in [2.45, 2.75) is 57.8 Å². The van der Waals surface area contributed by atoms with Gasteiger partial charge in [0.15, 0.2) is 0 Å². The van der Waals surface area contributed by atoms with Crippen molar-refractivity contribution in [3.8, 4) is 0 Å². The molecule has 30 heavy (non-hydrogen) atoms. The summed E-state index contributed by atoms with van der Waals surface area (Å²) in [6.07, 6.45) is 5.54. The lowest BCUT2D eigenvalue weighted by Gasteiger charge is -2.34. The third kappa shape index (κ3) is 5.62. The highest BCUT2D eigenvalue weighted by molar-refractivity contribution is 7.91. The van der Waals surface area contributed by atoms with E-state index in [2.05, 4.69) is 9.88 Å². The lowest BCUT2D eigenvalue weighted by atomic mass is 9.96. The number of methoxy groups -OCH3 is 1. The number of hydrogen-bond donors (Lipinski definition) is 0. The van der Waals surface area contributed by atoms with Crippen LogP contribution in [0.5, 0.6) is 0 Å². The largest absolute Gasteiger partial charge is 0.383 e. The molecule has 0 spiro atoms. The fraction of sp³-hybridized carbons (Fsp3) is 0.810. The van der Waals surface area contributed by atoms with Crippen LogP contribution in [0.4, 0.5) is 0 Å². The summed E-state index contributed by atoms with van der Waals surface area (Å²) in [7, 11) is -1.79. The minimum absolute atomic E-state index is 0.00654. The first-order valence-electron chi connectivity index (χ1n) is 11.2. The monoisotopic (exact) mass is 440 g/mol. The summed E-state index contributed by atoms with van der Waals surface area (Å²) in [5.74, 6) is 0.693. The molecule has 0 unspecified atom stereocenters. The van der Waals surface area contributed by atoms with Crippen molar-refractivity contribution in [1.29, 1.82) is 0 Å². The molecule has 2 fully saturated rings. The zero-order valence-electron chi connectivity index (χ0n) is 18.5. The van der Waals surface area contributed by atoms with Crippen LogP contribution in [-0.4, -0.2) is 79.3 Å². The summed E-state index contributed by atoms with van der Waals surface area (Å²) >= 11 is 0. The van der Waals surface area contributed by atoms with Gasteiger partial charge in [-0.1, -0.05) is 0 Å². The first-order chi connectivity index (χ1) is 14.4. The van der Waals surface area contributed by atoms with Gasteiger partial charge in [-0.05, 0) is 52.0 Å². The highest BCUT2D eigenvalue weighted by atomic mass is 32.2. The second-order valence-corrected chi connectivity index (χ2v) is 10.4. The Hall–Kier alpha value is -1.45. The number of ether oxygens (including phenoxy) is 1. The molecular weight excluding hydrogens is 404 g/mol. The topological polar surface area (TPSA) is 84.7 Å². The maximum Gasteiger partial charge on any atom is 0.227 e. The number of likely N-dealkylation sites (tertiary alicyclic amines) is 1.